The van der Waals surface area contributed by atoms with E-state index in [0.717, 1.165) is 89.9 Å². The van der Waals surface area contributed by atoms with E-state index in [2.05, 4.69) is 87.6 Å². The van der Waals surface area contributed by atoms with Gasteiger partial charge in [0, 0.05) is 19.3 Å². The molecule has 1 aliphatic rings. The Labute approximate surface area is 442 Å². The maximum Gasteiger partial charge on any atom is 0.335 e. The molecule has 0 bridgehead atoms. The number of carbonyl (C=O) groups excluding carboxylic acids is 3. The summed E-state index contributed by atoms with van der Waals surface area (Å²) in [6.07, 6.45) is 49.0. The number of carboxylic acids is 1. The Bertz CT molecular complexity index is 1550. The highest BCUT2D eigenvalue weighted by Gasteiger charge is 2.50. The number of hydrogen-bond donors (Lipinski definition) is 3. The monoisotopic (exact) mass is 1030 g/mol. The van der Waals surface area contributed by atoms with Gasteiger partial charge in [-0.05, 0) is 83.5 Å². The summed E-state index contributed by atoms with van der Waals surface area (Å²) in [5.74, 6) is -3.20. The van der Waals surface area contributed by atoms with Gasteiger partial charge in [-0.2, -0.15) is 0 Å². The zero-order chi connectivity index (χ0) is 53.3. The van der Waals surface area contributed by atoms with E-state index >= 15 is 0 Å². The third-order valence-electron chi connectivity index (χ3n) is 12.8. The van der Waals surface area contributed by atoms with Gasteiger partial charge in [-0.25, -0.2) is 4.79 Å². The van der Waals surface area contributed by atoms with Gasteiger partial charge in [0.15, 0.2) is 24.6 Å². The van der Waals surface area contributed by atoms with Gasteiger partial charge in [-0.1, -0.05) is 209 Å². The topological polar surface area (TPSA) is 175 Å². The fourth-order valence-electron chi connectivity index (χ4n) is 8.34. The number of rotatable bonds is 48. The van der Waals surface area contributed by atoms with Crippen molar-refractivity contribution in [3.05, 3.63) is 72.9 Å². The van der Waals surface area contributed by atoms with Crippen molar-refractivity contribution in [3.8, 4) is 0 Å². The number of allylic oxidation sites excluding steroid dienone is 12. The summed E-state index contributed by atoms with van der Waals surface area (Å²) in [6.45, 7) is 5.79. The van der Waals surface area contributed by atoms with E-state index < -0.39 is 67.3 Å². The van der Waals surface area contributed by atoms with Crippen molar-refractivity contribution in [3.63, 3.8) is 0 Å². The van der Waals surface area contributed by atoms with Gasteiger partial charge in [0.1, 0.15) is 18.8 Å². The van der Waals surface area contributed by atoms with Crippen molar-refractivity contribution in [1.82, 2.24) is 0 Å². The maximum absolute atomic E-state index is 13.1. The van der Waals surface area contributed by atoms with Crippen LogP contribution in [0.3, 0.4) is 0 Å². The summed E-state index contributed by atoms with van der Waals surface area (Å²) in [5.41, 5.74) is 0. The minimum Gasteiger partial charge on any atom is -0.479 e. The predicted molar refractivity (Wildman–Crippen MR) is 294 cm³/mol. The van der Waals surface area contributed by atoms with Crippen molar-refractivity contribution < 1.29 is 58.2 Å². The molecule has 6 unspecified atom stereocenters. The second kappa shape index (κ2) is 49.1. The molecule has 73 heavy (non-hydrogen) atoms. The molecule has 1 aliphatic heterocycles. The summed E-state index contributed by atoms with van der Waals surface area (Å²) >= 11 is 0. The van der Waals surface area contributed by atoms with Crippen LogP contribution in [-0.4, -0.2) is 89.2 Å². The Hall–Kier alpha value is -3.84. The SMILES string of the molecule is CC/C=C\C/C=C\C/C=C\C/C=C\C/C=C\CCCC(=O)OCC(COC1OC(C(=O)O)C(O)C(O)C1OC(=O)CCCCCCCCCCC)OC(=O)CCCCCCCCC/C=C\CCCCCCCC. The van der Waals surface area contributed by atoms with Crippen LogP contribution >= 0.6 is 0 Å². The second-order valence-corrected chi connectivity index (χ2v) is 19.5. The van der Waals surface area contributed by atoms with Gasteiger partial charge >= 0.3 is 23.9 Å². The number of aliphatic hydroxyl groups excluding tert-OH is 2. The van der Waals surface area contributed by atoms with E-state index in [9.17, 15) is 34.5 Å². The Morgan fingerprint density at radius 3 is 1.37 bits per heavy atom. The van der Waals surface area contributed by atoms with Gasteiger partial charge in [0.05, 0.1) is 6.61 Å². The lowest BCUT2D eigenvalue weighted by Crippen LogP contribution is -2.61. The van der Waals surface area contributed by atoms with Crippen LogP contribution < -0.4 is 0 Å². The molecule has 0 aromatic heterocycles. The van der Waals surface area contributed by atoms with Gasteiger partial charge in [-0.3, -0.25) is 14.4 Å². The number of esters is 3. The number of carboxylic acid groups (broad SMARTS) is 1. The van der Waals surface area contributed by atoms with Gasteiger partial charge in [-0.15, -0.1) is 0 Å². The molecule has 0 amide bonds. The van der Waals surface area contributed by atoms with E-state index in [-0.39, 0.29) is 25.9 Å². The number of unbranched alkanes of at least 4 members (excludes halogenated alkanes) is 22. The Morgan fingerprint density at radius 1 is 0.466 bits per heavy atom. The quantitative estimate of drug-likeness (QED) is 0.0228. The molecular weight excluding hydrogens is 925 g/mol. The molecule has 0 radical (unpaired) electrons. The molecule has 1 saturated heterocycles. The fraction of sp³-hybridized carbons (Fsp3) is 0.738. The van der Waals surface area contributed by atoms with E-state index in [0.29, 0.717) is 25.7 Å². The van der Waals surface area contributed by atoms with Crippen LogP contribution in [0.25, 0.3) is 0 Å². The van der Waals surface area contributed by atoms with Gasteiger partial charge < -0.3 is 39.0 Å². The van der Waals surface area contributed by atoms with Crippen LogP contribution in [0.2, 0.25) is 0 Å². The molecule has 1 rings (SSSR count). The molecule has 0 aliphatic carbocycles. The minimum absolute atomic E-state index is 0.0541. The predicted octanol–water partition coefficient (Wildman–Crippen LogP) is 14.6. The Kier molecular flexibility index (Phi) is 45.1. The zero-order valence-electron chi connectivity index (χ0n) is 45.9. The number of aliphatic hydroxyl groups is 2. The lowest BCUT2D eigenvalue weighted by Gasteiger charge is -2.40. The largest absolute Gasteiger partial charge is 0.479 e. The average Bonchev–Trinajstić information content (AvgIpc) is 3.37. The third-order valence-corrected chi connectivity index (χ3v) is 12.8. The first-order valence-electron chi connectivity index (χ1n) is 28.9. The molecule has 12 nitrogen and oxygen atoms in total. The van der Waals surface area contributed by atoms with Crippen molar-refractivity contribution in [2.24, 2.45) is 0 Å². The highest BCUT2D eigenvalue weighted by atomic mass is 16.7. The first-order chi connectivity index (χ1) is 35.6. The van der Waals surface area contributed by atoms with E-state index in [4.69, 9.17) is 23.7 Å². The first-order valence-corrected chi connectivity index (χ1v) is 28.9. The van der Waals surface area contributed by atoms with E-state index in [1.54, 1.807) is 0 Å². The number of carbonyl (C=O) groups is 4. The molecule has 1 heterocycles. The van der Waals surface area contributed by atoms with Crippen molar-refractivity contribution >= 4 is 23.9 Å². The highest BCUT2D eigenvalue weighted by molar-refractivity contribution is 5.74. The standard InChI is InChI=1S/C61H102O12/c1-4-7-10-13-16-19-21-23-25-27-29-31-33-36-38-41-44-47-53(62)69-50-52(71-54(63)48-45-42-40-37-34-32-30-28-26-24-22-20-17-14-11-8-5-2)51-70-61-59(57(66)56(65)58(73-61)60(67)68)72-55(64)49-46-43-39-35-18-15-12-9-6-3/h7,10,16,19,23-26,29,31,36,38,52,56-59,61,65-66H,4-6,8-9,11-15,17-18,20-22,27-28,30,32-35,37,39-51H2,1-3H3,(H,67,68)/b10-7-,19-16-,25-23-,26-24-,31-29-,38-36-. The molecule has 0 saturated carbocycles. The highest BCUT2D eigenvalue weighted by Crippen LogP contribution is 2.26. The molecule has 0 aromatic rings. The summed E-state index contributed by atoms with van der Waals surface area (Å²) in [6, 6.07) is 0. The Balaban J connectivity index is 2.72. The molecule has 3 N–H and O–H groups in total. The summed E-state index contributed by atoms with van der Waals surface area (Å²) in [7, 11) is 0. The smallest absolute Gasteiger partial charge is 0.335 e. The molecule has 0 spiro atoms. The van der Waals surface area contributed by atoms with E-state index in [1.807, 2.05) is 6.08 Å². The lowest BCUT2D eigenvalue weighted by molar-refractivity contribution is -0.301. The number of ether oxygens (including phenoxy) is 5. The van der Waals surface area contributed by atoms with Gasteiger partial charge in [0.25, 0.3) is 0 Å². The molecule has 12 heteroatoms. The molecule has 0 aromatic carbocycles. The molecule has 418 valence electrons. The van der Waals surface area contributed by atoms with Crippen molar-refractivity contribution in [2.75, 3.05) is 13.2 Å². The molecular formula is C61H102O12. The van der Waals surface area contributed by atoms with Crippen molar-refractivity contribution in [2.45, 2.75) is 276 Å². The van der Waals surface area contributed by atoms with Crippen LogP contribution in [0.5, 0.6) is 0 Å². The average molecular weight is 1030 g/mol. The first kappa shape index (κ1) is 67.2. The summed E-state index contributed by atoms with van der Waals surface area (Å²) in [4.78, 5) is 51.0. The Morgan fingerprint density at radius 2 is 0.877 bits per heavy atom. The number of aliphatic carboxylic acids is 1. The van der Waals surface area contributed by atoms with Crippen LogP contribution in [0.15, 0.2) is 72.9 Å². The maximum atomic E-state index is 13.1. The minimum atomic E-state index is -1.91. The van der Waals surface area contributed by atoms with Gasteiger partial charge in [0.2, 0.25) is 0 Å². The van der Waals surface area contributed by atoms with Crippen LogP contribution in [0.1, 0.15) is 239 Å². The summed E-state index contributed by atoms with van der Waals surface area (Å²) < 4.78 is 28.3. The van der Waals surface area contributed by atoms with Crippen LogP contribution in [-0.2, 0) is 42.9 Å². The van der Waals surface area contributed by atoms with Crippen LogP contribution in [0, 0.1) is 0 Å². The van der Waals surface area contributed by atoms with E-state index in [1.165, 1.54) is 83.5 Å². The van der Waals surface area contributed by atoms with Crippen LogP contribution in [0.4, 0.5) is 0 Å². The number of hydrogen-bond acceptors (Lipinski definition) is 11. The lowest BCUT2D eigenvalue weighted by atomic mass is 9.98. The third kappa shape index (κ3) is 39.3. The fourth-order valence-corrected chi connectivity index (χ4v) is 8.34. The second-order valence-electron chi connectivity index (χ2n) is 19.5. The summed E-state index contributed by atoms with van der Waals surface area (Å²) in [5, 5.41) is 31.4. The molecule has 6 atom stereocenters. The van der Waals surface area contributed by atoms with Crippen molar-refractivity contribution in [1.29, 1.82) is 0 Å². The normalized spacial score (nSPS) is 18.8. The zero-order valence-corrected chi connectivity index (χ0v) is 45.9. The molecule has 1 fully saturated rings.